The van der Waals surface area contributed by atoms with Crippen molar-refractivity contribution in [2.45, 2.75) is 12.8 Å². The van der Waals surface area contributed by atoms with Gasteiger partial charge in [0.05, 0.1) is 5.92 Å². The summed E-state index contributed by atoms with van der Waals surface area (Å²) in [5, 5.41) is 0. The molecule has 1 aliphatic rings. The molecule has 0 unspecified atom stereocenters. The minimum Gasteiger partial charge on any atom is -0.338 e. The zero-order valence-corrected chi connectivity index (χ0v) is 14.5. The number of hydrogen-bond donors (Lipinski definition) is 0. The van der Waals surface area contributed by atoms with E-state index in [1.54, 1.807) is 24.1 Å². The molecule has 2 aromatic carbocycles. The van der Waals surface area contributed by atoms with E-state index >= 15 is 0 Å². The van der Waals surface area contributed by atoms with Crippen molar-refractivity contribution in [2.75, 3.05) is 25.0 Å². The number of anilines is 1. The van der Waals surface area contributed by atoms with Crippen LogP contribution >= 0.6 is 0 Å². The van der Waals surface area contributed by atoms with Gasteiger partial charge in [0.1, 0.15) is 11.6 Å². The van der Waals surface area contributed by atoms with Gasteiger partial charge in [-0.25, -0.2) is 8.78 Å². The molecule has 0 aliphatic carbocycles. The molecule has 0 spiro atoms. The first-order chi connectivity index (χ1) is 12.5. The van der Waals surface area contributed by atoms with Gasteiger partial charge in [-0.1, -0.05) is 0 Å². The molecule has 0 radical (unpaired) electrons. The molecule has 0 aromatic heterocycles. The lowest BCUT2D eigenvalue weighted by atomic mass is 9.95. The van der Waals surface area contributed by atoms with Crippen molar-refractivity contribution in [1.29, 1.82) is 0 Å². The summed E-state index contributed by atoms with van der Waals surface area (Å²) in [7, 11) is 1.65. The Morgan fingerprint density at radius 1 is 1.00 bits per heavy atom. The largest absolute Gasteiger partial charge is 0.338 e. The Balaban J connectivity index is 1.69. The van der Waals surface area contributed by atoms with E-state index in [1.807, 2.05) is 0 Å². The molecule has 6 heteroatoms. The fraction of sp³-hybridized carbons (Fsp3) is 0.300. The number of halogens is 2. The van der Waals surface area contributed by atoms with Gasteiger partial charge in [-0.15, -0.1) is 0 Å². The fourth-order valence-corrected chi connectivity index (χ4v) is 3.20. The number of nitrogens with zero attached hydrogens (tertiary/aromatic N) is 2. The third kappa shape index (κ3) is 3.90. The van der Waals surface area contributed by atoms with E-state index < -0.39 is 5.82 Å². The van der Waals surface area contributed by atoms with Crippen LogP contribution in [0.15, 0.2) is 48.5 Å². The molecule has 2 aromatic rings. The molecule has 4 nitrogen and oxygen atoms in total. The van der Waals surface area contributed by atoms with Gasteiger partial charge < -0.3 is 9.80 Å². The SMILES string of the molecule is CN(C(=O)[C@H]1CCCN(C(=O)c2ccc(F)cc2)C1)c1ccc(F)cc1. The first-order valence-electron chi connectivity index (χ1n) is 8.53. The fourth-order valence-electron chi connectivity index (χ4n) is 3.20. The zero-order valence-electron chi connectivity index (χ0n) is 14.5. The minimum atomic E-state index is -0.394. The number of carbonyl (C=O) groups excluding carboxylic acids is 2. The number of amides is 2. The topological polar surface area (TPSA) is 40.6 Å². The molecule has 1 atom stereocenters. The molecular weight excluding hydrogens is 338 g/mol. The summed E-state index contributed by atoms with van der Waals surface area (Å²) in [5.41, 5.74) is 1.02. The minimum absolute atomic E-state index is 0.104. The standard InChI is InChI=1S/C20H20F2N2O2/c1-23(18-10-8-17(22)9-11-18)19(25)15-3-2-12-24(13-15)20(26)14-4-6-16(21)7-5-14/h4-11,15H,2-3,12-13H2,1H3/t15-/m0/s1. The monoisotopic (exact) mass is 358 g/mol. The second-order valence-electron chi connectivity index (χ2n) is 6.47. The van der Waals surface area contributed by atoms with Crippen LogP contribution in [0.5, 0.6) is 0 Å². The summed E-state index contributed by atoms with van der Waals surface area (Å²) < 4.78 is 26.1. The van der Waals surface area contributed by atoms with Crippen molar-refractivity contribution in [2.24, 2.45) is 5.92 Å². The predicted octanol–water partition coefficient (Wildman–Crippen LogP) is 3.48. The number of likely N-dealkylation sites (tertiary alicyclic amines) is 1. The number of piperidine rings is 1. The maximum absolute atomic E-state index is 13.1. The van der Waals surface area contributed by atoms with Gasteiger partial charge in [-0.2, -0.15) is 0 Å². The van der Waals surface area contributed by atoms with Crippen LogP contribution in [0.3, 0.4) is 0 Å². The Kier molecular flexibility index (Phi) is 5.30. The van der Waals surface area contributed by atoms with Crippen LogP contribution in [0.2, 0.25) is 0 Å². The van der Waals surface area contributed by atoms with Gasteiger partial charge in [0, 0.05) is 31.4 Å². The number of rotatable bonds is 3. The van der Waals surface area contributed by atoms with E-state index in [0.717, 1.165) is 6.42 Å². The molecule has 2 amide bonds. The van der Waals surface area contributed by atoms with Crippen molar-refractivity contribution in [1.82, 2.24) is 4.90 Å². The van der Waals surface area contributed by atoms with Crippen LogP contribution in [-0.2, 0) is 4.79 Å². The average molecular weight is 358 g/mol. The molecule has 1 heterocycles. The lowest BCUT2D eigenvalue weighted by Crippen LogP contribution is -2.46. The van der Waals surface area contributed by atoms with Crippen LogP contribution < -0.4 is 4.90 Å². The van der Waals surface area contributed by atoms with Crippen molar-refractivity contribution in [3.8, 4) is 0 Å². The van der Waals surface area contributed by atoms with Gasteiger partial charge >= 0.3 is 0 Å². The normalized spacial score (nSPS) is 17.0. The molecule has 0 N–H and O–H groups in total. The second kappa shape index (κ2) is 7.64. The Labute approximate surface area is 151 Å². The Morgan fingerprint density at radius 2 is 1.58 bits per heavy atom. The quantitative estimate of drug-likeness (QED) is 0.843. The average Bonchev–Trinajstić information content (AvgIpc) is 2.67. The Hall–Kier alpha value is -2.76. The summed E-state index contributed by atoms with van der Waals surface area (Å²) in [4.78, 5) is 28.5. The Morgan fingerprint density at radius 3 is 2.19 bits per heavy atom. The maximum atomic E-state index is 13.1. The molecule has 26 heavy (non-hydrogen) atoms. The number of benzene rings is 2. The molecule has 3 rings (SSSR count). The number of carbonyl (C=O) groups is 2. The molecular formula is C20H20F2N2O2. The smallest absolute Gasteiger partial charge is 0.253 e. The van der Waals surface area contributed by atoms with Crippen LogP contribution in [0.1, 0.15) is 23.2 Å². The molecule has 0 bridgehead atoms. The van der Waals surface area contributed by atoms with Crippen molar-refractivity contribution < 1.29 is 18.4 Å². The van der Waals surface area contributed by atoms with Crippen LogP contribution in [0.25, 0.3) is 0 Å². The first kappa shape index (κ1) is 18.0. The number of hydrogen-bond acceptors (Lipinski definition) is 2. The van der Waals surface area contributed by atoms with Crippen molar-refractivity contribution in [3.63, 3.8) is 0 Å². The molecule has 0 saturated carbocycles. The first-order valence-corrected chi connectivity index (χ1v) is 8.53. The van der Waals surface area contributed by atoms with Crippen LogP contribution in [0, 0.1) is 17.6 Å². The highest BCUT2D eigenvalue weighted by Crippen LogP contribution is 2.23. The molecule has 1 aliphatic heterocycles. The summed E-state index contributed by atoms with van der Waals surface area (Å²) in [6.07, 6.45) is 1.41. The van der Waals surface area contributed by atoms with E-state index in [-0.39, 0.29) is 23.5 Å². The van der Waals surface area contributed by atoms with Crippen LogP contribution in [-0.4, -0.2) is 36.9 Å². The summed E-state index contributed by atoms with van der Waals surface area (Å²) in [6, 6.07) is 11.1. The van der Waals surface area contributed by atoms with Gasteiger partial charge in [0.15, 0.2) is 0 Å². The molecule has 1 saturated heterocycles. The third-order valence-corrected chi connectivity index (χ3v) is 4.69. The zero-order chi connectivity index (χ0) is 18.7. The van der Waals surface area contributed by atoms with E-state index in [1.165, 1.54) is 41.3 Å². The highest BCUT2D eigenvalue weighted by molar-refractivity contribution is 5.97. The highest BCUT2D eigenvalue weighted by atomic mass is 19.1. The van der Waals surface area contributed by atoms with Gasteiger partial charge in [0.2, 0.25) is 5.91 Å². The highest BCUT2D eigenvalue weighted by Gasteiger charge is 2.31. The van der Waals surface area contributed by atoms with Gasteiger partial charge in [-0.3, -0.25) is 9.59 Å². The Bertz CT molecular complexity index is 790. The third-order valence-electron chi connectivity index (χ3n) is 4.69. The van der Waals surface area contributed by atoms with E-state index in [0.29, 0.717) is 30.8 Å². The second-order valence-corrected chi connectivity index (χ2v) is 6.47. The summed E-state index contributed by atoms with van der Waals surface area (Å²) >= 11 is 0. The predicted molar refractivity (Wildman–Crippen MR) is 94.8 cm³/mol. The lowest BCUT2D eigenvalue weighted by Gasteiger charge is -2.34. The van der Waals surface area contributed by atoms with Crippen molar-refractivity contribution in [3.05, 3.63) is 65.7 Å². The van der Waals surface area contributed by atoms with Gasteiger partial charge in [-0.05, 0) is 61.4 Å². The van der Waals surface area contributed by atoms with E-state index in [2.05, 4.69) is 0 Å². The molecule has 136 valence electrons. The summed E-state index contributed by atoms with van der Waals surface area (Å²) in [6.45, 7) is 0.890. The van der Waals surface area contributed by atoms with E-state index in [4.69, 9.17) is 0 Å². The summed E-state index contributed by atoms with van der Waals surface area (Å²) in [5.74, 6) is -1.37. The molecule has 1 fully saturated rings. The van der Waals surface area contributed by atoms with Gasteiger partial charge in [0.25, 0.3) is 5.91 Å². The van der Waals surface area contributed by atoms with Crippen LogP contribution in [0.4, 0.5) is 14.5 Å². The van der Waals surface area contributed by atoms with Crippen molar-refractivity contribution >= 4 is 17.5 Å². The maximum Gasteiger partial charge on any atom is 0.253 e. The lowest BCUT2D eigenvalue weighted by molar-refractivity contribution is -0.123. The van der Waals surface area contributed by atoms with E-state index in [9.17, 15) is 18.4 Å².